The van der Waals surface area contributed by atoms with Gasteiger partial charge in [0, 0.05) is 11.1 Å². The molecule has 7 heteroatoms. The number of hydrogen-bond acceptors (Lipinski definition) is 5. The topological polar surface area (TPSA) is 86.8 Å². The molecule has 0 radical (unpaired) electrons. The molecule has 1 fully saturated rings. The Hall–Kier alpha value is -1.37. The predicted molar refractivity (Wildman–Crippen MR) is 62.4 cm³/mol. The average Bonchev–Trinajstić information content (AvgIpc) is 2.25. The largest absolute Gasteiger partial charge is 0.393 e. The third-order valence-electron chi connectivity index (χ3n) is 2.74. The lowest BCUT2D eigenvalue weighted by atomic mass is 9.94. The molecular formula is C10H11ClN2O4. The van der Waals surface area contributed by atoms with Crippen molar-refractivity contribution in [3.63, 3.8) is 0 Å². The summed E-state index contributed by atoms with van der Waals surface area (Å²) in [6.45, 7) is -0.0111. The number of aliphatic hydroxyl groups is 2. The van der Waals surface area contributed by atoms with E-state index >= 15 is 0 Å². The van der Waals surface area contributed by atoms with Gasteiger partial charge in [0.2, 0.25) is 0 Å². The summed E-state index contributed by atoms with van der Waals surface area (Å²) in [7, 11) is 0. The first kappa shape index (κ1) is 12.1. The van der Waals surface area contributed by atoms with Gasteiger partial charge in [-0.2, -0.15) is 0 Å². The minimum Gasteiger partial charge on any atom is -0.393 e. The highest BCUT2D eigenvalue weighted by atomic mass is 35.5. The fraction of sp³-hybridized carbons (Fsp3) is 0.400. The van der Waals surface area contributed by atoms with Crippen LogP contribution in [0.2, 0.25) is 5.02 Å². The SMILES string of the molecule is O=[N+]([O-])c1cc(Cl)ccc1N1CC(O)(CO)C1. The molecule has 6 nitrogen and oxygen atoms in total. The summed E-state index contributed by atoms with van der Waals surface area (Å²) in [5.74, 6) is 0. The van der Waals surface area contributed by atoms with Crippen LogP contribution < -0.4 is 4.90 Å². The predicted octanol–water partition coefficient (Wildman–Crippen LogP) is 0.792. The van der Waals surface area contributed by atoms with Crippen LogP contribution in [0.4, 0.5) is 11.4 Å². The van der Waals surface area contributed by atoms with Crippen LogP contribution in [-0.2, 0) is 0 Å². The molecule has 1 aliphatic rings. The number of aliphatic hydroxyl groups excluding tert-OH is 1. The van der Waals surface area contributed by atoms with E-state index in [4.69, 9.17) is 16.7 Å². The van der Waals surface area contributed by atoms with Crippen molar-refractivity contribution < 1.29 is 15.1 Å². The number of halogens is 1. The summed E-state index contributed by atoms with van der Waals surface area (Å²) >= 11 is 5.70. The summed E-state index contributed by atoms with van der Waals surface area (Å²) in [6.07, 6.45) is 0. The van der Waals surface area contributed by atoms with Crippen LogP contribution in [-0.4, -0.2) is 40.4 Å². The minimum atomic E-state index is -1.16. The number of nitrogens with zero attached hydrogens (tertiary/aromatic N) is 2. The van der Waals surface area contributed by atoms with E-state index in [-0.39, 0.29) is 25.4 Å². The van der Waals surface area contributed by atoms with Gasteiger partial charge < -0.3 is 15.1 Å². The fourth-order valence-corrected chi connectivity index (χ4v) is 2.01. The van der Waals surface area contributed by atoms with Crippen molar-refractivity contribution in [3.05, 3.63) is 33.3 Å². The molecular weight excluding hydrogens is 248 g/mol. The van der Waals surface area contributed by atoms with Gasteiger partial charge in [0.05, 0.1) is 24.6 Å². The van der Waals surface area contributed by atoms with E-state index in [1.807, 2.05) is 0 Å². The van der Waals surface area contributed by atoms with Gasteiger partial charge in [-0.05, 0) is 12.1 Å². The smallest absolute Gasteiger partial charge is 0.294 e. The highest BCUT2D eigenvalue weighted by Gasteiger charge is 2.42. The van der Waals surface area contributed by atoms with Crippen LogP contribution in [0.5, 0.6) is 0 Å². The van der Waals surface area contributed by atoms with Crippen LogP contribution in [0.3, 0.4) is 0 Å². The molecule has 0 atom stereocenters. The molecule has 0 amide bonds. The van der Waals surface area contributed by atoms with Crippen molar-refractivity contribution in [2.75, 3.05) is 24.6 Å². The van der Waals surface area contributed by atoms with E-state index in [1.54, 1.807) is 11.0 Å². The van der Waals surface area contributed by atoms with Gasteiger partial charge in [-0.15, -0.1) is 0 Å². The van der Waals surface area contributed by atoms with Crippen molar-refractivity contribution in [3.8, 4) is 0 Å². The third kappa shape index (κ3) is 2.19. The molecule has 0 aliphatic carbocycles. The number of nitro groups is 1. The average molecular weight is 259 g/mol. The molecule has 1 saturated heterocycles. The molecule has 0 unspecified atom stereocenters. The highest BCUT2D eigenvalue weighted by molar-refractivity contribution is 6.30. The zero-order valence-electron chi connectivity index (χ0n) is 8.84. The summed E-state index contributed by atoms with van der Waals surface area (Å²) < 4.78 is 0. The first-order valence-electron chi connectivity index (χ1n) is 4.97. The van der Waals surface area contributed by atoms with E-state index in [0.29, 0.717) is 10.7 Å². The molecule has 2 N–H and O–H groups in total. The fourth-order valence-electron chi connectivity index (χ4n) is 1.84. The Morgan fingerprint density at radius 3 is 2.71 bits per heavy atom. The number of rotatable bonds is 3. The zero-order chi connectivity index (χ0) is 12.6. The van der Waals surface area contributed by atoms with E-state index in [9.17, 15) is 15.2 Å². The van der Waals surface area contributed by atoms with Crippen LogP contribution in [0.25, 0.3) is 0 Å². The Balaban J connectivity index is 2.26. The zero-order valence-corrected chi connectivity index (χ0v) is 9.59. The lowest BCUT2D eigenvalue weighted by molar-refractivity contribution is -0.384. The first-order valence-corrected chi connectivity index (χ1v) is 5.35. The Morgan fingerprint density at radius 2 is 2.18 bits per heavy atom. The quantitative estimate of drug-likeness (QED) is 0.618. The summed E-state index contributed by atoms with van der Waals surface area (Å²) in [4.78, 5) is 12.0. The first-order chi connectivity index (χ1) is 7.95. The molecule has 1 aromatic rings. The molecule has 92 valence electrons. The van der Waals surface area contributed by atoms with Crippen molar-refractivity contribution in [2.45, 2.75) is 5.60 Å². The minimum absolute atomic E-state index is 0.0995. The van der Waals surface area contributed by atoms with Gasteiger partial charge in [-0.25, -0.2) is 0 Å². The van der Waals surface area contributed by atoms with E-state index < -0.39 is 10.5 Å². The molecule has 0 saturated carbocycles. The van der Waals surface area contributed by atoms with Gasteiger partial charge in [0.1, 0.15) is 11.3 Å². The lowest BCUT2D eigenvalue weighted by Gasteiger charge is -2.46. The number of nitro benzene ring substituents is 1. The molecule has 1 heterocycles. The van der Waals surface area contributed by atoms with Crippen LogP contribution in [0.1, 0.15) is 0 Å². The molecule has 1 aromatic carbocycles. The Labute approximate surface area is 102 Å². The molecule has 0 spiro atoms. The van der Waals surface area contributed by atoms with Gasteiger partial charge in [0.15, 0.2) is 0 Å². The van der Waals surface area contributed by atoms with Gasteiger partial charge in [-0.1, -0.05) is 11.6 Å². The van der Waals surface area contributed by atoms with Gasteiger partial charge in [-0.3, -0.25) is 10.1 Å². The monoisotopic (exact) mass is 258 g/mol. The maximum absolute atomic E-state index is 10.9. The Bertz CT molecular complexity index is 460. The number of hydrogen-bond donors (Lipinski definition) is 2. The van der Waals surface area contributed by atoms with Crippen molar-refractivity contribution in [1.29, 1.82) is 0 Å². The van der Waals surface area contributed by atoms with Crippen molar-refractivity contribution >= 4 is 23.0 Å². The number of β-amino-alcohol motifs (C(OH)–C–C–N with tert-alkyl or cyclic N) is 1. The maximum atomic E-state index is 10.9. The number of anilines is 1. The second kappa shape index (κ2) is 4.14. The second-order valence-corrected chi connectivity index (χ2v) is 4.57. The highest BCUT2D eigenvalue weighted by Crippen LogP contribution is 2.36. The van der Waals surface area contributed by atoms with Crippen LogP contribution in [0, 0.1) is 10.1 Å². The summed E-state index contributed by atoms with van der Waals surface area (Å²) in [5, 5.41) is 29.7. The van der Waals surface area contributed by atoms with Crippen LogP contribution in [0.15, 0.2) is 18.2 Å². The summed E-state index contributed by atoms with van der Waals surface area (Å²) in [5.41, 5.74) is -0.858. The van der Waals surface area contributed by atoms with Crippen molar-refractivity contribution in [2.24, 2.45) is 0 Å². The normalized spacial score (nSPS) is 17.7. The molecule has 17 heavy (non-hydrogen) atoms. The number of benzene rings is 1. The molecule has 2 rings (SSSR count). The molecule has 1 aliphatic heterocycles. The lowest BCUT2D eigenvalue weighted by Crippen LogP contribution is -2.64. The van der Waals surface area contributed by atoms with Gasteiger partial charge >= 0.3 is 0 Å². The standard InChI is InChI=1S/C10H11ClN2O4/c11-7-1-2-8(9(3-7)13(16)17)12-4-10(15,5-12)6-14/h1-3,14-15H,4-6H2. The van der Waals surface area contributed by atoms with E-state index in [2.05, 4.69) is 0 Å². The molecule has 0 bridgehead atoms. The molecule has 0 aromatic heterocycles. The van der Waals surface area contributed by atoms with Gasteiger partial charge in [0.25, 0.3) is 5.69 Å². The van der Waals surface area contributed by atoms with E-state index in [0.717, 1.165) is 0 Å². The summed E-state index contributed by atoms with van der Waals surface area (Å²) in [6, 6.07) is 4.37. The van der Waals surface area contributed by atoms with E-state index in [1.165, 1.54) is 12.1 Å². The Kier molecular flexibility index (Phi) is 2.94. The maximum Gasteiger partial charge on any atom is 0.294 e. The van der Waals surface area contributed by atoms with Crippen LogP contribution >= 0.6 is 11.6 Å². The Morgan fingerprint density at radius 1 is 1.53 bits per heavy atom. The second-order valence-electron chi connectivity index (χ2n) is 4.13. The van der Waals surface area contributed by atoms with Crippen molar-refractivity contribution in [1.82, 2.24) is 0 Å². The third-order valence-corrected chi connectivity index (χ3v) is 2.97.